The van der Waals surface area contributed by atoms with Crippen molar-refractivity contribution in [1.82, 2.24) is 9.97 Å². The van der Waals surface area contributed by atoms with Crippen LogP contribution in [0.15, 0.2) is 42.7 Å². The van der Waals surface area contributed by atoms with Crippen LogP contribution < -0.4 is 4.74 Å². The van der Waals surface area contributed by atoms with Crippen LogP contribution in [0.5, 0.6) is 5.75 Å². The van der Waals surface area contributed by atoms with Gasteiger partial charge < -0.3 is 4.74 Å². The van der Waals surface area contributed by atoms with E-state index in [1.54, 1.807) is 12.4 Å². The SMILES string of the molecule is CC(C)[Si](C#Cc1ncc(OCc2ccccc2)cn1)(C(C)C)C(C)C. The molecule has 0 saturated heterocycles. The summed E-state index contributed by atoms with van der Waals surface area (Å²) in [6.07, 6.45) is 3.42. The minimum Gasteiger partial charge on any atom is -0.486 e. The number of benzene rings is 1. The highest BCUT2D eigenvalue weighted by Crippen LogP contribution is 2.40. The van der Waals surface area contributed by atoms with E-state index >= 15 is 0 Å². The maximum atomic E-state index is 5.74. The monoisotopic (exact) mass is 366 g/mol. The smallest absolute Gasteiger partial charge is 0.204 e. The van der Waals surface area contributed by atoms with E-state index in [-0.39, 0.29) is 0 Å². The van der Waals surface area contributed by atoms with Gasteiger partial charge in [0, 0.05) is 0 Å². The van der Waals surface area contributed by atoms with E-state index < -0.39 is 8.07 Å². The highest BCUT2D eigenvalue weighted by molar-refractivity contribution is 6.90. The van der Waals surface area contributed by atoms with Crippen molar-refractivity contribution >= 4 is 8.07 Å². The van der Waals surface area contributed by atoms with E-state index in [1.807, 2.05) is 30.3 Å². The molecule has 0 aliphatic carbocycles. The summed E-state index contributed by atoms with van der Waals surface area (Å²) in [7, 11) is -1.76. The predicted molar refractivity (Wildman–Crippen MR) is 111 cm³/mol. The molecular weight excluding hydrogens is 336 g/mol. The second-order valence-electron chi connectivity index (χ2n) is 7.66. The largest absolute Gasteiger partial charge is 0.486 e. The van der Waals surface area contributed by atoms with Crippen molar-refractivity contribution in [1.29, 1.82) is 0 Å². The van der Waals surface area contributed by atoms with Gasteiger partial charge in [0.05, 0.1) is 12.4 Å². The first-order valence-electron chi connectivity index (χ1n) is 9.38. The van der Waals surface area contributed by atoms with Gasteiger partial charge in [-0.15, -0.1) is 5.54 Å². The molecule has 138 valence electrons. The van der Waals surface area contributed by atoms with Gasteiger partial charge in [0.2, 0.25) is 5.82 Å². The molecule has 1 aromatic heterocycles. The molecule has 2 rings (SSSR count). The van der Waals surface area contributed by atoms with Crippen LogP contribution in [-0.2, 0) is 6.61 Å². The van der Waals surface area contributed by atoms with Gasteiger partial charge in [-0.1, -0.05) is 71.9 Å². The van der Waals surface area contributed by atoms with Crippen molar-refractivity contribution in [3.8, 4) is 17.2 Å². The van der Waals surface area contributed by atoms with Gasteiger partial charge in [0.15, 0.2) is 5.75 Å². The molecule has 4 heteroatoms. The van der Waals surface area contributed by atoms with Gasteiger partial charge in [0.1, 0.15) is 14.7 Å². The van der Waals surface area contributed by atoms with Crippen molar-refractivity contribution < 1.29 is 4.74 Å². The van der Waals surface area contributed by atoms with Crippen LogP contribution in [0.1, 0.15) is 52.9 Å². The highest BCUT2D eigenvalue weighted by Gasteiger charge is 2.41. The zero-order valence-corrected chi connectivity index (χ0v) is 17.8. The fourth-order valence-corrected chi connectivity index (χ4v) is 8.99. The van der Waals surface area contributed by atoms with Gasteiger partial charge in [-0.3, -0.25) is 0 Å². The zero-order chi connectivity index (χ0) is 19.2. The summed E-state index contributed by atoms with van der Waals surface area (Å²) >= 11 is 0. The third-order valence-electron chi connectivity index (χ3n) is 5.13. The first-order chi connectivity index (χ1) is 12.4. The van der Waals surface area contributed by atoms with Crippen LogP contribution in [0.4, 0.5) is 0 Å². The summed E-state index contributed by atoms with van der Waals surface area (Å²) in [5, 5.41) is 0. The van der Waals surface area contributed by atoms with Crippen LogP contribution in [-0.4, -0.2) is 18.0 Å². The molecular formula is C22H30N2OSi. The Balaban J connectivity index is 2.12. The Bertz CT molecular complexity index is 721. The van der Waals surface area contributed by atoms with E-state index in [9.17, 15) is 0 Å². The van der Waals surface area contributed by atoms with Crippen LogP contribution in [0.25, 0.3) is 0 Å². The Morgan fingerprint density at radius 2 is 1.42 bits per heavy atom. The number of aromatic nitrogens is 2. The van der Waals surface area contributed by atoms with E-state index in [1.165, 1.54) is 0 Å². The van der Waals surface area contributed by atoms with E-state index in [2.05, 4.69) is 63.0 Å². The number of hydrogen-bond acceptors (Lipinski definition) is 3. The molecule has 0 radical (unpaired) electrons. The molecule has 0 amide bonds. The van der Waals surface area contributed by atoms with Gasteiger partial charge in [-0.05, 0) is 28.1 Å². The quantitative estimate of drug-likeness (QED) is 0.491. The fourth-order valence-electron chi connectivity index (χ4n) is 3.79. The number of rotatable bonds is 6. The second-order valence-corrected chi connectivity index (χ2v) is 13.2. The van der Waals surface area contributed by atoms with Gasteiger partial charge in [0.25, 0.3) is 0 Å². The van der Waals surface area contributed by atoms with Gasteiger partial charge in [-0.25, -0.2) is 9.97 Å². The number of ether oxygens (including phenoxy) is 1. The van der Waals surface area contributed by atoms with Crippen molar-refractivity contribution in [3.63, 3.8) is 0 Å². The average molecular weight is 367 g/mol. The molecule has 1 aromatic carbocycles. The topological polar surface area (TPSA) is 35.0 Å². The second kappa shape index (κ2) is 9.00. The lowest BCUT2D eigenvalue weighted by Crippen LogP contribution is -2.43. The summed E-state index contributed by atoms with van der Waals surface area (Å²) in [6.45, 7) is 14.4. The Hall–Kier alpha value is -2.12. The lowest BCUT2D eigenvalue weighted by molar-refractivity contribution is 0.303. The molecule has 0 atom stereocenters. The van der Waals surface area contributed by atoms with Crippen LogP contribution in [0.3, 0.4) is 0 Å². The average Bonchev–Trinajstić information content (AvgIpc) is 2.61. The van der Waals surface area contributed by atoms with Crippen molar-refractivity contribution in [2.24, 2.45) is 0 Å². The maximum Gasteiger partial charge on any atom is 0.204 e. The summed E-state index contributed by atoms with van der Waals surface area (Å²) < 4.78 is 5.74. The van der Waals surface area contributed by atoms with E-state index in [0.29, 0.717) is 34.8 Å². The Kier molecular flexibility index (Phi) is 6.99. The van der Waals surface area contributed by atoms with Crippen molar-refractivity contribution in [3.05, 3.63) is 54.1 Å². The first kappa shape index (κ1) is 20.2. The summed E-state index contributed by atoms with van der Waals surface area (Å²) in [6, 6.07) is 10.1. The van der Waals surface area contributed by atoms with E-state index in [0.717, 1.165) is 5.56 Å². The third-order valence-corrected chi connectivity index (χ3v) is 11.4. The highest BCUT2D eigenvalue weighted by atomic mass is 28.3. The van der Waals surface area contributed by atoms with Gasteiger partial charge in [-0.2, -0.15) is 0 Å². The molecule has 0 aliphatic rings. The molecule has 0 aliphatic heterocycles. The number of hydrogen-bond donors (Lipinski definition) is 0. The molecule has 0 spiro atoms. The molecule has 0 saturated carbocycles. The lowest BCUT2D eigenvalue weighted by atomic mass is 10.2. The minimum absolute atomic E-state index is 0.513. The zero-order valence-electron chi connectivity index (χ0n) is 16.8. The van der Waals surface area contributed by atoms with Crippen LogP contribution >= 0.6 is 0 Å². The maximum absolute atomic E-state index is 5.74. The summed E-state index contributed by atoms with van der Waals surface area (Å²) in [5.41, 5.74) is 6.57. The van der Waals surface area contributed by atoms with Crippen LogP contribution in [0.2, 0.25) is 16.6 Å². The molecule has 0 bridgehead atoms. The first-order valence-corrected chi connectivity index (χ1v) is 11.6. The third kappa shape index (κ3) is 4.73. The molecule has 2 aromatic rings. The normalized spacial score (nSPS) is 11.6. The molecule has 26 heavy (non-hydrogen) atoms. The van der Waals surface area contributed by atoms with Gasteiger partial charge >= 0.3 is 0 Å². The van der Waals surface area contributed by atoms with Crippen LogP contribution in [0, 0.1) is 11.5 Å². The lowest BCUT2D eigenvalue weighted by Gasteiger charge is -2.37. The summed E-state index contributed by atoms with van der Waals surface area (Å²) in [4.78, 5) is 8.77. The van der Waals surface area contributed by atoms with Crippen molar-refractivity contribution in [2.45, 2.75) is 64.8 Å². The Morgan fingerprint density at radius 3 is 1.92 bits per heavy atom. The Labute approximate surface area is 159 Å². The Morgan fingerprint density at radius 1 is 0.885 bits per heavy atom. The molecule has 0 fully saturated rings. The summed E-state index contributed by atoms with van der Waals surface area (Å²) in [5.74, 6) is 4.51. The molecule has 0 N–H and O–H groups in total. The standard InChI is InChI=1S/C22H30N2OSi/c1-17(2)26(18(3)4,19(5)6)13-12-22-23-14-21(15-24-22)25-16-20-10-8-7-9-11-20/h7-11,14-15,17-19H,16H2,1-6H3. The van der Waals surface area contributed by atoms with E-state index in [4.69, 9.17) is 4.74 Å². The molecule has 0 unspecified atom stereocenters. The fraction of sp³-hybridized carbons (Fsp3) is 0.455. The molecule has 3 nitrogen and oxygen atoms in total. The predicted octanol–water partition coefficient (Wildman–Crippen LogP) is 5.63. The number of nitrogens with zero attached hydrogens (tertiary/aromatic N) is 2. The molecule has 1 heterocycles. The minimum atomic E-state index is -1.76. The van der Waals surface area contributed by atoms with Crippen molar-refractivity contribution in [2.75, 3.05) is 0 Å².